The molecule has 1 saturated carbocycles. The standard InChI is InChI=1S/C20H28N2O/c1-16-6-5-7-18(14-16)20(10-3-2-4-11-20)19(23)22-15-17-8-12-21-13-9-17/h5-8,14,21H,2-4,9-13,15H2,1H3,(H,22,23). The van der Waals surface area contributed by atoms with Crippen molar-refractivity contribution in [1.29, 1.82) is 0 Å². The summed E-state index contributed by atoms with van der Waals surface area (Å²) in [5, 5.41) is 6.56. The van der Waals surface area contributed by atoms with Crippen LogP contribution in [0.15, 0.2) is 35.9 Å². The van der Waals surface area contributed by atoms with Gasteiger partial charge in [-0.3, -0.25) is 4.79 Å². The molecule has 0 radical (unpaired) electrons. The van der Waals surface area contributed by atoms with Gasteiger partial charge in [-0.25, -0.2) is 0 Å². The van der Waals surface area contributed by atoms with Crippen molar-refractivity contribution in [2.45, 2.75) is 50.9 Å². The summed E-state index contributed by atoms with van der Waals surface area (Å²) in [4.78, 5) is 13.1. The highest BCUT2D eigenvalue weighted by Gasteiger charge is 2.40. The molecular weight excluding hydrogens is 284 g/mol. The van der Waals surface area contributed by atoms with E-state index in [-0.39, 0.29) is 11.3 Å². The van der Waals surface area contributed by atoms with Crippen molar-refractivity contribution < 1.29 is 4.79 Å². The van der Waals surface area contributed by atoms with Gasteiger partial charge in [0.1, 0.15) is 0 Å². The number of hydrogen-bond acceptors (Lipinski definition) is 2. The number of benzene rings is 1. The molecule has 0 spiro atoms. The van der Waals surface area contributed by atoms with E-state index in [4.69, 9.17) is 0 Å². The zero-order valence-electron chi connectivity index (χ0n) is 14.2. The lowest BCUT2D eigenvalue weighted by Crippen LogP contribution is -2.46. The molecule has 1 amide bonds. The van der Waals surface area contributed by atoms with Gasteiger partial charge < -0.3 is 10.6 Å². The molecule has 1 aromatic rings. The Morgan fingerprint density at radius 2 is 2.09 bits per heavy atom. The largest absolute Gasteiger partial charge is 0.352 e. The predicted molar refractivity (Wildman–Crippen MR) is 94.5 cm³/mol. The van der Waals surface area contributed by atoms with Crippen molar-refractivity contribution >= 4 is 5.91 Å². The highest BCUT2D eigenvalue weighted by atomic mass is 16.2. The molecule has 124 valence electrons. The monoisotopic (exact) mass is 312 g/mol. The third-order valence-electron chi connectivity index (χ3n) is 5.35. The molecular formula is C20H28N2O. The lowest BCUT2D eigenvalue weighted by molar-refractivity contribution is -0.127. The summed E-state index contributed by atoms with van der Waals surface area (Å²) in [6.07, 6.45) is 8.74. The third-order valence-corrected chi connectivity index (χ3v) is 5.35. The molecule has 23 heavy (non-hydrogen) atoms. The Morgan fingerprint density at radius 1 is 1.26 bits per heavy atom. The summed E-state index contributed by atoms with van der Waals surface area (Å²) < 4.78 is 0. The van der Waals surface area contributed by atoms with Crippen LogP contribution in [-0.2, 0) is 10.2 Å². The Hall–Kier alpha value is -1.61. The second-order valence-electron chi connectivity index (χ2n) is 7.01. The summed E-state index contributed by atoms with van der Waals surface area (Å²) in [5.74, 6) is 0.224. The van der Waals surface area contributed by atoms with Crippen molar-refractivity contribution in [2.75, 3.05) is 19.6 Å². The Labute approximate surface area is 139 Å². The molecule has 1 heterocycles. The molecule has 3 nitrogen and oxygen atoms in total. The van der Waals surface area contributed by atoms with Crippen LogP contribution in [0, 0.1) is 6.92 Å². The SMILES string of the molecule is Cc1cccc(C2(C(=O)NCC3=CCNCC3)CCCCC2)c1. The number of amides is 1. The van der Waals surface area contributed by atoms with Crippen LogP contribution < -0.4 is 10.6 Å². The number of carbonyl (C=O) groups excluding carboxylic acids is 1. The van der Waals surface area contributed by atoms with Crippen LogP contribution in [0.2, 0.25) is 0 Å². The van der Waals surface area contributed by atoms with Gasteiger partial charge in [0.15, 0.2) is 0 Å². The molecule has 2 aliphatic rings. The van der Waals surface area contributed by atoms with E-state index >= 15 is 0 Å². The van der Waals surface area contributed by atoms with E-state index in [1.807, 2.05) is 0 Å². The van der Waals surface area contributed by atoms with Crippen LogP contribution in [-0.4, -0.2) is 25.5 Å². The molecule has 3 heteroatoms. The molecule has 1 aromatic carbocycles. The first-order chi connectivity index (χ1) is 11.2. The summed E-state index contributed by atoms with van der Waals surface area (Å²) in [6.45, 7) is 4.75. The number of carbonyl (C=O) groups is 1. The Morgan fingerprint density at radius 3 is 2.78 bits per heavy atom. The average Bonchev–Trinajstić information content (AvgIpc) is 2.61. The average molecular weight is 312 g/mol. The van der Waals surface area contributed by atoms with Crippen LogP contribution in [0.4, 0.5) is 0 Å². The fourth-order valence-electron chi connectivity index (χ4n) is 3.94. The van der Waals surface area contributed by atoms with E-state index in [2.05, 4.69) is 47.9 Å². The van der Waals surface area contributed by atoms with Crippen molar-refractivity contribution in [1.82, 2.24) is 10.6 Å². The van der Waals surface area contributed by atoms with Gasteiger partial charge in [0.05, 0.1) is 5.41 Å². The van der Waals surface area contributed by atoms with E-state index in [1.54, 1.807) is 0 Å². The minimum Gasteiger partial charge on any atom is -0.352 e. The highest BCUT2D eigenvalue weighted by molar-refractivity contribution is 5.88. The van der Waals surface area contributed by atoms with Gasteiger partial charge in [-0.1, -0.05) is 60.7 Å². The zero-order valence-corrected chi connectivity index (χ0v) is 14.2. The fourth-order valence-corrected chi connectivity index (χ4v) is 3.94. The number of hydrogen-bond donors (Lipinski definition) is 2. The number of rotatable bonds is 4. The van der Waals surface area contributed by atoms with Gasteiger partial charge in [0, 0.05) is 13.1 Å². The van der Waals surface area contributed by atoms with Crippen molar-refractivity contribution in [3.63, 3.8) is 0 Å². The molecule has 0 unspecified atom stereocenters. The van der Waals surface area contributed by atoms with Crippen LogP contribution >= 0.6 is 0 Å². The minimum absolute atomic E-state index is 0.224. The Bertz CT molecular complexity index is 585. The smallest absolute Gasteiger partial charge is 0.230 e. The van der Waals surface area contributed by atoms with Crippen LogP contribution in [0.5, 0.6) is 0 Å². The first-order valence-electron chi connectivity index (χ1n) is 8.95. The van der Waals surface area contributed by atoms with Gasteiger partial charge >= 0.3 is 0 Å². The summed E-state index contributed by atoms with van der Waals surface area (Å²) >= 11 is 0. The first kappa shape index (κ1) is 16.3. The molecule has 3 rings (SSSR count). The zero-order chi connectivity index (χ0) is 16.1. The normalized spacial score (nSPS) is 20.7. The van der Waals surface area contributed by atoms with Gasteiger partial charge in [-0.05, 0) is 38.3 Å². The lowest BCUT2D eigenvalue weighted by Gasteiger charge is -2.36. The molecule has 1 fully saturated rings. The van der Waals surface area contributed by atoms with Gasteiger partial charge in [0.25, 0.3) is 0 Å². The maximum atomic E-state index is 13.1. The maximum absolute atomic E-state index is 13.1. The molecule has 0 atom stereocenters. The molecule has 1 aliphatic heterocycles. The summed E-state index contributed by atoms with van der Waals surface area (Å²) in [7, 11) is 0. The van der Waals surface area contributed by atoms with E-state index in [0.29, 0.717) is 6.54 Å². The van der Waals surface area contributed by atoms with E-state index in [9.17, 15) is 4.79 Å². The van der Waals surface area contributed by atoms with E-state index < -0.39 is 0 Å². The molecule has 0 bridgehead atoms. The summed E-state index contributed by atoms with van der Waals surface area (Å²) in [6, 6.07) is 8.54. The minimum atomic E-state index is -0.322. The number of nitrogens with one attached hydrogen (secondary N) is 2. The lowest BCUT2D eigenvalue weighted by atomic mass is 9.68. The van der Waals surface area contributed by atoms with Crippen LogP contribution in [0.3, 0.4) is 0 Å². The van der Waals surface area contributed by atoms with Crippen molar-refractivity contribution in [2.24, 2.45) is 0 Å². The van der Waals surface area contributed by atoms with E-state index in [1.165, 1.54) is 23.1 Å². The Balaban J connectivity index is 1.78. The predicted octanol–water partition coefficient (Wildman–Crippen LogP) is 3.23. The highest BCUT2D eigenvalue weighted by Crippen LogP contribution is 2.40. The van der Waals surface area contributed by atoms with Crippen LogP contribution in [0.25, 0.3) is 0 Å². The second-order valence-corrected chi connectivity index (χ2v) is 7.01. The van der Waals surface area contributed by atoms with E-state index in [0.717, 1.165) is 45.2 Å². The quantitative estimate of drug-likeness (QED) is 0.838. The number of aryl methyl sites for hydroxylation is 1. The van der Waals surface area contributed by atoms with Crippen molar-refractivity contribution in [3.05, 3.63) is 47.0 Å². The molecule has 1 aliphatic carbocycles. The topological polar surface area (TPSA) is 41.1 Å². The molecule has 2 N–H and O–H groups in total. The molecule has 0 aromatic heterocycles. The van der Waals surface area contributed by atoms with Gasteiger partial charge in [-0.15, -0.1) is 0 Å². The van der Waals surface area contributed by atoms with Gasteiger partial charge in [-0.2, -0.15) is 0 Å². The Kier molecular flexibility index (Phi) is 5.16. The van der Waals surface area contributed by atoms with Crippen molar-refractivity contribution in [3.8, 4) is 0 Å². The molecule has 0 saturated heterocycles. The fraction of sp³-hybridized carbons (Fsp3) is 0.550. The summed E-state index contributed by atoms with van der Waals surface area (Å²) in [5.41, 5.74) is 3.47. The second kappa shape index (κ2) is 7.31. The third kappa shape index (κ3) is 3.66. The first-order valence-corrected chi connectivity index (χ1v) is 8.95. The maximum Gasteiger partial charge on any atom is 0.230 e. The van der Waals surface area contributed by atoms with Crippen LogP contribution in [0.1, 0.15) is 49.7 Å². The van der Waals surface area contributed by atoms with Gasteiger partial charge in [0.2, 0.25) is 5.91 Å².